The van der Waals surface area contributed by atoms with Crippen LogP contribution in [0.15, 0.2) is 12.1 Å². The van der Waals surface area contributed by atoms with Gasteiger partial charge in [0.15, 0.2) is 0 Å². The monoisotopic (exact) mass is 344 g/mol. The molecule has 1 atom stereocenters. The number of benzene rings is 1. The van der Waals surface area contributed by atoms with E-state index in [1.165, 1.54) is 0 Å². The minimum atomic E-state index is -5.09. The van der Waals surface area contributed by atoms with E-state index in [1.54, 1.807) is 6.92 Å². The maximum Gasteiger partial charge on any atom is 0.418 e. The third-order valence-electron chi connectivity index (χ3n) is 3.04. The molecule has 0 aliphatic heterocycles. The largest absolute Gasteiger partial charge is 0.480 e. The van der Waals surface area contributed by atoms with Crippen molar-refractivity contribution in [1.82, 2.24) is 5.32 Å². The summed E-state index contributed by atoms with van der Waals surface area (Å²) in [7, 11) is 0. The molecule has 0 fully saturated rings. The number of nitrogen functional groups attached to an aromatic ring is 1. The van der Waals surface area contributed by atoms with Gasteiger partial charge in [-0.15, -0.1) is 0 Å². The lowest BCUT2D eigenvalue weighted by Gasteiger charge is -2.19. The lowest BCUT2D eigenvalue weighted by Crippen LogP contribution is -2.38. The number of carbonyl (C=O) groups is 1. The standard InChI is InChI=1S/C13H14F6N2O2/c1-2-21-9(11(22)23)5-6-3-7(12(14,15)16)10(20)8(4-6)13(17,18)19/h3-4,9,21H,2,5,20H2,1H3,(H,22,23). The molecule has 0 spiro atoms. The van der Waals surface area contributed by atoms with Crippen molar-refractivity contribution in [3.8, 4) is 0 Å². The van der Waals surface area contributed by atoms with Crippen LogP contribution >= 0.6 is 0 Å². The molecule has 0 aliphatic carbocycles. The molecule has 0 aromatic heterocycles. The maximum atomic E-state index is 12.9. The number of nitrogens with two attached hydrogens (primary N) is 1. The third kappa shape index (κ3) is 4.75. The van der Waals surface area contributed by atoms with Gasteiger partial charge in [0, 0.05) is 0 Å². The fourth-order valence-corrected chi connectivity index (χ4v) is 2.03. The minimum Gasteiger partial charge on any atom is -0.480 e. The van der Waals surface area contributed by atoms with Crippen LogP contribution in [-0.4, -0.2) is 23.7 Å². The topological polar surface area (TPSA) is 75.3 Å². The Balaban J connectivity index is 3.41. The van der Waals surface area contributed by atoms with Gasteiger partial charge in [0.05, 0.1) is 16.8 Å². The van der Waals surface area contributed by atoms with Crippen molar-refractivity contribution in [2.75, 3.05) is 12.3 Å². The summed E-state index contributed by atoms with van der Waals surface area (Å²) in [6.45, 7) is 1.74. The molecule has 0 heterocycles. The first-order valence-corrected chi connectivity index (χ1v) is 6.40. The average molecular weight is 344 g/mol. The number of aliphatic carboxylic acids is 1. The zero-order valence-corrected chi connectivity index (χ0v) is 11.8. The summed E-state index contributed by atoms with van der Waals surface area (Å²) < 4.78 is 77.2. The lowest BCUT2D eigenvalue weighted by molar-refractivity contribution is -0.141. The Morgan fingerprint density at radius 2 is 1.61 bits per heavy atom. The van der Waals surface area contributed by atoms with E-state index >= 15 is 0 Å². The van der Waals surface area contributed by atoms with E-state index in [-0.39, 0.29) is 6.54 Å². The lowest BCUT2D eigenvalue weighted by atomic mass is 9.97. The molecule has 0 bridgehead atoms. The van der Waals surface area contributed by atoms with Gasteiger partial charge < -0.3 is 16.2 Å². The molecule has 23 heavy (non-hydrogen) atoms. The molecule has 130 valence electrons. The Morgan fingerprint density at radius 1 is 1.17 bits per heavy atom. The van der Waals surface area contributed by atoms with Crippen LogP contribution in [0.3, 0.4) is 0 Å². The summed E-state index contributed by atoms with van der Waals surface area (Å²) in [5, 5.41) is 11.4. The number of anilines is 1. The van der Waals surface area contributed by atoms with Gasteiger partial charge in [-0.2, -0.15) is 26.3 Å². The van der Waals surface area contributed by atoms with Gasteiger partial charge in [0.1, 0.15) is 6.04 Å². The van der Waals surface area contributed by atoms with Crippen LogP contribution in [0, 0.1) is 0 Å². The van der Waals surface area contributed by atoms with Crippen molar-refractivity contribution in [1.29, 1.82) is 0 Å². The van der Waals surface area contributed by atoms with Crippen LogP contribution in [0.25, 0.3) is 0 Å². The second-order valence-electron chi connectivity index (χ2n) is 4.75. The van der Waals surface area contributed by atoms with Crippen molar-refractivity contribution >= 4 is 11.7 Å². The van der Waals surface area contributed by atoms with E-state index in [9.17, 15) is 31.1 Å². The van der Waals surface area contributed by atoms with Crippen molar-refractivity contribution in [2.24, 2.45) is 0 Å². The first kappa shape index (κ1) is 19.1. The SMILES string of the molecule is CCNC(Cc1cc(C(F)(F)F)c(N)c(C(F)(F)F)c1)C(=O)O. The second kappa shape index (κ2) is 6.65. The molecule has 1 unspecified atom stereocenters. The van der Waals surface area contributed by atoms with Crippen molar-refractivity contribution in [3.63, 3.8) is 0 Å². The molecule has 0 aliphatic rings. The van der Waals surface area contributed by atoms with Crippen LogP contribution in [0.1, 0.15) is 23.6 Å². The normalized spacial score (nSPS) is 13.9. The molecule has 1 rings (SSSR count). The predicted octanol–water partition coefficient (Wildman–Crippen LogP) is 2.91. The Kier molecular flexibility index (Phi) is 5.51. The summed E-state index contributed by atoms with van der Waals surface area (Å²) in [6, 6.07) is -0.429. The van der Waals surface area contributed by atoms with Crippen molar-refractivity contribution in [2.45, 2.75) is 31.7 Å². The fourth-order valence-electron chi connectivity index (χ4n) is 2.03. The number of alkyl halides is 6. The van der Waals surface area contributed by atoms with Gasteiger partial charge in [-0.05, 0) is 30.7 Å². The number of rotatable bonds is 5. The van der Waals surface area contributed by atoms with E-state index in [0.717, 1.165) is 0 Å². The highest BCUT2D eigenvalue weighted by atomic mass is 19.4. The smallest absolute Gasteiger partial charge is 0.418 e. The molecule has 0 radical (unpaired) electrons. The first-order chi connectivity index (χ1) is 10.4. The molecular weight excluding hydrogens is 330 g/mol. The number of hydrogen-bond acceptors (Lipinski definition) is 3. The highest BCUT2D eigenvalue weighted by Gasteiger charge is 2.40. The summed E-state index contributed by atoms with van der Waals surface area (Å²) in [4.78, 5) is 11.0. The summed E-state index contributed by atoms with van der Waals surface area (Å²) in [5.41, 5.74) is -0.121. The second-order valence-corrected chi connectivity index (χ2v) is 4.75. The number of carboxylic acid groups (broad SMARTS) is 1. The Labute approximate surface area is 127 Å². The van der Waals surface area contributed by atoms with Gasteiger partial charge in [-0.1, -0.05) is 6.92 Å². The molecule has 4 N–H and O–H groups in total. The Morgan fingerprint density at radius 3 is 1.91 bits per heavy atom. The van der Waals surface area contributed by atoms with Crippen LogP contribution in [-0.2, 0) is 23.6 Å². The number of halogens is 6. The van der Waals surface area contributed by atoms with Crippen LogP contribution < -0.4 is 11.1 Å². The quantitative estimate of drug-likeness (QED) is 0.567. The van der Waals surface area contributed by atoms with Gasteiger partial charge in [0.25, 0.3) is 0 Å². The van der Waals surface area contributed by atoms with Gasteiger partial charge in [0.2, 0.25) is 0 Å². The van der Waals surface area contributed by atoms with Crippen molar-refractivity contribution < 1.29 is 36.2 Å². The van der Waals surface area contributed by atoms with Gasteiger partial charge >= 0.3 is 18.3 Å². The minimum absolute atomic E-state index is 0.185. The van der Waals surface area contributed by atoms with E-state index in [2.05, 4.69) is 5.32 Å². The summed E-state index contributed by atoms with van der Waals surface area (Å²) in [6.07, 6.45) is -10.7. The molecule has 10 heteroatoms. The van der Waals surface area contributed by atoms with E-state index in [0.29, 0.717) is 12.1 Å². The Bertz CT molecular complexity index is 548. The molecule has 0 saturated heterocycles. The molecular formula is C13H14F6N2O2. The molecule has 0 amide bonds. The van der Waals surface area contributed by atoms with E-state index < -0.39 is 53.2 Å². The average Bonchev–Trinajstić information content (AvgIpc) is 2.37. The summed E-state index contributed by atoms with van der Waals surface area (Å²) >= 11 is 0. The number of nitrogens with one attached hydrogen (secondary N) is 1. The number of likely N-dealkylation sites (N-methyl/N-ethyl adjacent to an activating group) is 1. The zero-order chi connectivity index (χ0) is 18.0. The van der Waals surface area contributed by atoms with Gasteiger partial charge in [-0.3, -0.25) is 4.79 Å². The number of hydrogen-bond donors (Lipinski definition) is 3. The first-order valence-electron chi connectivity index (χ1n) is 6.40. The molecule has 1 aromatic rings. The maximum absolute atomic E-state index is 12.9. The Hall–Kier alpha value is -1.97. The highest BCUT2D eigenvalue weighted by Crippen LogP contribution is 2.42. The molecule has 1 aromatic carbocycles. The van der Waals surface area contributed by atoms with E-state index in [4.69, 9.17) is 10.8 Å². The highest BCUT2D eigenvalue weighted by molar-refractivity contribution is 5.74. The van der Waals surface area contributed by atoms with Crippen molar-refractivity contribution in [3.05, 3.63) is 28.8 Å². The summed E-state index contributed by atoms with van der Waals surface area (Å²) in [5.74, 6) is -1.38. The van der Waals surface area contributed by atoms with Crippen LogP contribution in [0.2, 0.25) is 0 Å². The third-order valence-corrected chi connectivity index (χ3v) is 3.04. The molecule has 0 saturated carbocycles. The van der Waals surface area contributed by atoms with Gasteiger partial charge in [-0.25, -0.2) is 0 Å². The molecule has 4 nitrogen and oxygen atoms in total. The number of carboxylic acids is 1. The van der Waals surface area contributed by atoms with E-state index in [1.807, 2.05) is 0 Å². The van der Waals surface area contributed by atoms with Crippen LogP contribution in [0.5, 0.6) is 0 Å². The fraction of sp³-hybridized carbons (Fsp3) is 0.462. The zero-order valence-electron chi connectivity index (χ0n) is 11.8. The van der Waals surface area contributed by atoms with Crippen LogP contribution in [0.4, 0.5) is 32.0 Å². The predicted molar refractivity (Wildman–Crippen MR) is 69.7 cm³/mol.